The number of carbonyl (C=O) groups is 2. The van der Waals surface area contributed by atoms with Crippen LogP contribution in [0.2, 0.25) is 0 Å². The summed E-state index contributed by atoms with van der Waals surface area (Å²) in [7, 11) is 0. The Bertz CT molecular complexity index is 732. The predicted molar refractivity (Wildman–Crippen MR) is 97.3 cm³/mol. The first kappa shape index (κ1) is 17.5. The first-order chi connectivity index (χ1) is 12.1. The monoisotopic (exact) mass is 359 g/mol. The summed E-state index contributed by atoms with van der Waals surface area (Å²) in [5.41, 5.74) is 1.18. The number of aromatic nitrogens is 1. The summed E-state index contributed by atoms with van der Waals surface area (Å²) in [5, 5.41) is 6.37. The molecule has 6 nitrogen and oxygen atoms in total. The predicted octanol–water partition coefficient (Wildman–Crippen LogP) is 3.02. The van der Waals surface area contributed by atoms with Gasteiger partial charge in [-0.05, 0) is 25.3 Å². The van der Waals surface area contributed by atoms with Gasteiger partial charge < -0.3 is 14.7 Å². The second-order valence-electron chi connectivity index (χ2n) is 6.02. The van der Waals surface area contributed by atoms with Crippen LogP contribution in [0.5, 0.6) is 0 Å². The Kier molecular flexibility index (Phi) is 5.75. The third-order valence-electron chi connectivity index (χ3n) is 4.11. The summed E-state index contributed by atoms with van der Waals surface area (Å²) in [6.45, 7) is 2.54. The van der Waals surface area contributed by atoms with E-state index in [1.807, 2.05) is 23.1 Å². The lowest BCUT2D eigenvalue weighted by Crippen LogP contribution is -2.32. The molecule has 0 radical (unpaired) electrons. The van der Waals surface area contributed by atoms with Crippen molar-refractivity contribution in [3.63, 3.8) is 0 Å². The molecule has 0 saturated carbocycles. The number of rotatable bonds is 6. The van der Waals surface area contributed by atoms with Crippen LogP contribution in [0, 0.1) is 6.92 Å². The molecular weight excluding hydrogens is 338 g/mol. The van der Waals surface area contributed by atoms with Gasteiger partial charge in [0.25, 0.3) is 0 Å². The molecule has 3 rings (SSSR count). The molecule has 25 heavy (non-hydrogen) atoms. The number of hydrogen-bond donors (Lipinski definition) is 1. The molecule has 2 heterocycles. The van der Waals surface area contributed by atoms with Gasteiger partial charge in [-0.25, -0.2) is 0 Å². The molecule has 1 aliphatic rings. The number of benzene rings is 1. The second kappa shape index (κ2) is 8.20. The quantitative estimate of drug-likeness (QED) is 0.858. The maximum atomic E-state index is 12.5. The van der Waals surface area contributed by atoms with E-state index in [0.717, 1.165) is 19.4 Å². The zero-order chi connectivity index (χ0) is 17.6. The van der Waals surface area contributed by atoms with E-state index in [9.17, 15) is 9.59 Å². The van der Waals surface area contributed by atoms with Crippen LogP contribution in [0.1, 0.15) is 30.2 Å². The van der Waals surface area contributed by atoms with Crippen molar-refractivity contribution in [1.29, 1.82) is 0 Å². The lowest BCUT2D eigenvalue weighted by molar-refractivity contribution is -0.129. The van der Waals surface area contributed by atoms with Gasteiger partial charge >= 0.3 is 0 Å². The van der Waals surface area contributed by atoms with Crippen LogP contribution in [0.4, 0.5) is 5.82 Å². The van der Waals surface area contributed by atoms with Crippen molar-refractivity contribution in [3.8, 4) is 0 Å². The Morgan fingerprint density at radius 2 is 2.12 bits per heavy atom. The molecule has 2 amide bonds. The minimum Gasteiger partial charge on any atom is -0.360 e. The van der Waals surface area contributed by atoms with Crippen molar-refractivity contribution in [3.05, 3.63) is 47.7 Å². The van der Waals surface area contributed by atoms with E-state index in [1.54, 1.807) is 13.0 Å². The molecule has 7 heteroatoms. The number of anilines is 1. The average molecular weight is 359 g/mol. The van der Waals surface area contributed by atoms with Gasteiger partial charge in [0.05, 0.1) is 17.5 Å². The molecule has 1 fully saturated rings. The molecule has 1 atom stereocenters. The number of hydrogen-bond acceptors (Lipinski definition) is 5. The SMILES string of the molecule is Cc1cc(NC(=O)CSCC(=O)N2CCCC2c2ccccc2)no1. The summed E-state index contributed by atoms with van der Waals surface area (Å²) in [5.74, 6) is 1.45. The lowest BCUT2D eigenvalue weighted by Gasteiger charge is -2.25. The Morgan fingerprint density at radius 1 is 1.32 bits per heavy atom. The molecular formula is C18H21N3O3S. The molecule has 0 aliphatic carbocycles. The number of nitrogens with one attached hydrogen (secondary N) is 1. The largest absolute Gasteiger partial charge is 0.360 e. The Morgan fingerprint density at radius 3 is 2.84 bits per heavy atom. The van der Waals surface area contributed by atoms with E-state index < -0.39 is 0 Å². The molecule has 1 aromatic heterocycles. The van der Waals surface area contributed by atoms with Crippen LogP contribution in [0.25, 0.3) is 0 Å². The van der Waals surface area contributed by atoms with Crippen LogP contribution in [-0.2, 0) is 9.59 Å². The average Bonchev–Trinajstić information content (AvgIpc) is 3.24. The number of carbonyl (C=O) groups excluding carboxylic acids is 2. The van der Waals surface area contributed by atoms with Crippen LogP contribution in [-0.4, -0.2) is 39.9 Å². The number of likely N-dealkylation sites (tertiary alicyclic amines) is 1. The van der Waals surface area contributed by atoms with Crippen LogP contribution >= 0.6 is 11.8 Å². The highest BCUT2D eigenvalue weighted by Gasteiger charge is 2.29. The molecule has 2 aromatic rings. The van der Waals surface area contributed by atoms with E-state index >= 15 is 0 Å². The van der Waals surface area contributed by atoms with E-state index in [-0.39, 0.29) is 23.6 Å². The van der Waals surface area contributed by atoms with Crippen molar-refractivity contribution in [1.82, 2.24) is 10.1 Å². The standard InChI is InChI=1S/C18H21N3O3S/c1-13-10-16(20-24-13)19-17(22)11-25-12-18(23)21-9-5-8-15(21)14-6-3-2-4-7-14/h2-4,6-7,10,15H,5,8-9,11-12H2,1H3,(H,19,20,22). The first-order valence-electron chi connectivity index (χ1n) is 8.29. The topological polar surface area (TPSA) is 75.4 Å². The number of aryl methyl sites for hydroxylation is 1. The van der Waals surface area contributed by atoms with Gasteiger partial charge in [0.1, 0.15) is 5.76 Å². The summed E-state index contributed by atoms with van der Waals surface area (Å²) < 4.78 is 4.90. The third-order valence-corrected chi connectivity index (χ3v) is 5.03. The molecule has 132 valence electrons. The van der Waals surface area contributed by atoms with Gasteiger partial charge in [-0.2, -0.15) is 0 Å². The minimum atomic E-state index is -0.188. The molecule has 0 bridgehead atoms. The molecule has 1 aliphatic heterocycles. The fourth-order valence-electron chi connectivity index (χ4n) is 3.01. The lowest BCUT2D eigenvalue weighted by atomic mass is 10.0. The van der Waals surface area contributed by atoms with Crippen molar-refractivity contribution in [2.75, 3.05) is 23.4 Å². The summed E-state index contributed by atoms with van der Waals surface area (Å²) in [6, 6.07) is 11.9. The van der Waals surface area contributed by atoms with Crippen molar-refractivity contribution >= 4 is 29.4 Å². The maximum Gasteiger partial charge on any atom is 0.235 e. The summed E-state index contributed by atoms with van der Waals surface area (Å²) in [6.07, 6.45) is 2.01. The van der Waals surface area contributed by atoms with Crippen LogP contribution in [0.15, 0.2) is 40.9 Å². The van der Waals surface area contributed by atoms with E-state index in [0.29, 0.717) is 17.3 Å². The van der Waals surface area contributed by atoms with Crippen molar-refractivity contribution in [2.45, 2.75) is 25.8 Å². The Balaban J connectivity index is 1.46. The van der Waals surface area contributed by atoms with Gasteiger partial charge in [0.2, 0.25) is 11.8 Å². The molecule has 1 aromatic carbocycles. The highest BCUT2D eigenvalue weighted by Crippen LogP contribution is 2.32. The molecule has 1 N–H and O–H groups in total. The van der Waals surface area contributed by atoms with Crippen molar-refractivity contribution < 1.29 is 14.1 Å². The minimum absolute atomic E-state index is 0.0847. The van der Waals surface area contributed by atoms with Gasteiger partial charge in [0.15, 0.2) is 5.82 Å². The van der Waals surface area contributed by atoms with Gasteiger partial charge in [-0.15, -0.1) is 11.8 Å². The summed E-state index contributed by atoms with van der Waals surface area (Å²) >= 11 is 1.32. The zero-order valence-electron chi connectivity index (χ0n) is 14.1. The number of thioether (sulfide) groups is 1. The maximum absolute atomic E-state index is 12.5. The highest BCUT2D eigenvalue weighted by molar-refractivity contribution is 8.00. The third kappa shape index (κ3) is 4.63. The highest BCUT2D eigenvalue weighted by atomic mass is 32.2. The van der Waals surface area contributed by atoms with E-state index in [1.165, 1.54) is 17.3 Å². The Labute approximate surface area is 150 Å². The fraction of sp³-hybridized carbons (Fsp3) is 0.389. The smallest absolute Gasteiger partial charge is 0.235 e. The first-order valence-corrected chi connectivity index (χ1v) is 9.44. The van der Waals surface area contributed by atoms with E-state index in [2.05, 4.69) is 22.6 Å². The number of nitrogens with zero attached hydrogens (tertiary/aromatic N) is 2. The molecule has 0 spiro atoms. The molecule has 1 saturated heterocycles. The number of amides is 2. The molecule has 1 unspecified atom stereocenters. The van der Waals surface area contributed by atoms with Crippen LogP contribution < -0.4 is 5.32 Å². The van der Waals surface area contributed by atoms with Crippen LogP contribution in [0.3, 0.4) is 0 Å². The van der Waals surface area contributed by atoms with Gasteiger partial charge in [0, 0.05) is 12.6 Å². The van der Waals surface area contributed by atoms with Gasteiger partial charge in [-0.1, -0.05) is 35.5 Å². The zero-order valence-corrected chi connectivity index (χ0v) is 14.9. The second-order valence-corrected chi connectivity index (χ2v) is 7.01. The summed E-state index contributed by atoms with van der Waals surface area (Å²) in [4.78, 5) is 26.3. The van der Waals surface area contributed by atoms with Crippen molar-refractivity contribution in [2.24, 2.45) is 0 Å². The Hall–Kier alpha value is -2.28. The fourth-order valence-corrected chi connectivity index (χ4v) is 3.71. The van der Waals surface area contributed by atoms with E-state index in [4.69, 9.17) is 4.52 Å². The van der Waals surface area contributed by atoms with Gasteiger partial charge in [-0.3, -0.25) is 9.59 Å². The normalized spacial score (nSPS) is 16.8.